The predicted octanol–water partition coefficient (Wildman–Crippen LogP) is 0.428. The molecule has 1 amide bonds. The van der Waals surface area contributed by atoms with E-state index in [0.29, 0.717) is 6.42 Å². The normalized spacial score (nSPS) is 12.7. The van der Waals surface area contributed by atoms with Crippen molar-refractivity contribution in [2.24, 2.45) is 10.9 Å². The quantitative estimate of drug-likeness (QED) is 0.258. The van der Waals surface area contributed by atoms with E-state index in [1.54, 1.807) is 13.8 Å². The van der Waals surface area contributed by atoms with Crippen LogP contribution in [0.4, 0.5) is 0 Å². The lowest BCUT2D eigenvalue weighted by atomic mass is 10.0. The van der Waals surface area contributed by atoms with E-state index in [1.165, 1.54) is 0 Å². The van der Waals surface area contributed by atoms with E-state index < -0.39 is 5.54 Å². The van der Waals surface area contributed by atoms with Crippen molar-refractivity contribution >= 4 is 11.7 Å². The molecule has 0 unspecified atom stereocenters. The predicted molar refractivity (Wildman–Crippen MR) is 50.5 cm³/mol. The SMILES string of the molecule is CCCC(=O)NC(C)(C)/C(N)=N/O. The maximum Gasteiger partial charge on any atom is 0.220 e. The molecule has 0 spiro atoms. The molecule has 4 N–H and O–H groups in total. The number of amidine groups is 1. The molecular formula is C8H17N3O2. The number of nitrogens with two attached hydrogens (primary N) is 1. The van der Waals surface area contributed by atoms with Gasteiger partial charge in [-0.1, -0.05) is 12.1 Å². The third kappa shape index (κ3) is 3.78. The number of rotatable bonds is 4. The van der Waals surface area contributed by atoms with Crippen LogP contribution in [0, 0.1) is 0 Å². The van der Waals surface area contributed by atoms with Gasteiger partial charge in [0.15, 0.2) is 5.84 Å². The Morgan fingerprint density at radius 2 is 2.15 bits per heavy atom. The molecule has 0 fully saturated rings. The van der Waals surface area contributed by atoms with Crippen LogP contribution in [-0.4, -0.2) is 22.5 Å². The molecule has 0 aliphatic carbocycles. The highest BCUT2D eigenvalue weighted by Crippen LogP contribution is 2.02. The summed E-state index contributed by atoms with van der Waals surface area (Å²) in [5, 5.41) is 13.9. The maximum atomic E-state index is 11.2. The Kier molecular flexibility index (Phi) is 4.23. The molecule has 0 aliphatic rings. The van der Waals surface area contributed by atoms with E-state index in [4.69, 9.17) is 10.9 Å². The van der Waals surface area contributed by atoms with Gasteiger partial charge in [0.1, 0.15) is 0 Å². The van der Waals surface area contributed by atoms with Crippen molar-refractivity contribution in [2.45, 2.75) is 39.2 Å². The summed E-state index contributed by atoms with van der Waals surface area (Å²) in [5.74, 6) is -0.101. The molecule has 0 aromatic rings. The van der Waals surface area contributed by atoms with Gasteiger partial charge in [0.05, 0.1) is 5.54 Å². The minimum absolute atomic E-state index is 0.00282. The van der Waals surface area contributed by atoms with Crippen molar-refractivity contribution in [3.8, 4) is 0 Å². The van der Waals surface area contributed by atoms with Gasteiger partial charge in [0.25, 0.3) is 0 Å². The van der Waals surface area contributed by atoms with Crippen molar-refractivity contribution in [3.05, 3.63) is 0 Å². The van der Waals surface area contributed by atoms with Gasteiger partial charge >= 0.3 is 0 Å². The highest BCUT2D eigenvalue weighted by Gasteiger charge is 2.24. The maximum absolute atomic E-state index is 11.2. The minimum Gasteiger partial charge on any atom is -0.409 e. The van der Waals surface area contributed by atoms with Gasteiger partial charge in [-0.05, 0) is 20.3 Å². The summed E-state index contributed by atoms with van der Waals surface area (Å²) in [4.78, 5) is 11.2. The van der Waals surface area contributed by atoms with Crippen molar-refractivity contribution in [1.29, 1.82) is 0 Å². The van der Waals surface area contributed by atoms with Crippen LogP contribution in [0.25, 0.3) is 0 Å². The molecular weight excluding hydrogens is 170 g/mol. The van der Waals surface area contributed by atoms with Crippen LogP contribution >= 0.6 is 0 Å². The van der Waals surface area contributed by atoms with E-state index in [0.717, 1.165) is 6.42 Å². The first-order valence-electron chi connectivity index (χ1n) is 4.23. The number of nitrogens with zero attached hydrogens (tertiary/aromatic N) is 1. The molecule has 0 bridgehead atoms. The fourth-order valence-electron chi connectivity index (χ4n) is 0.827. The van der Waals surface area contributed by atoms with E-state index >= 15 is 0 Å². The standard InChI is InChI=1S/C8H17N3O2/c1-4-5-6(12)10-8(2,3)7(9)11-13/h13H,4-5H2,1-3H3,(H2,9,11)(H,10,12). The smallest absolute Gasteiger partial charge is 0.220 e. The molecule has 0 radical (unpaired) electrons. The second kappa shape index (κ2) is 4.69. The van der Waals surface area contributed by atoms with Crippen LogP contribution in [0.1, 0.15) is 33.6 Å². The summed E-state index contributed by atoms with van der Waals surface area (Å²) < 4.78 is 0. The second-order valence-electron chi connectivity index (χ2n) is 3.41. The molecule has 0 aromatic heterocycles. The summed E-state index contributed by atoms with van der Waals surface area (Å²) >= 11 is 0. The van der Waals surface area contributed by atoms with Gasteiger partial charge in [-0.2, -0.15) is 0 Å². The van der Waals surface area contributed by atoms with Crippen molar-refractivity contribution in [3.63, 3.8) is 0 Å². The molecule has 76 valence electrons. The molecule has 0 aliphatic heterocycles. The molecule has 0 aromatic carbocycles. The van der Waals surface area contributed by atoms with Gasteiger partial charge in [-0.3, -0.25) is 4.79 Å². The molecule has 0 atom stereocenters. The van der Waals surface area contributed by atoms with E-state index in [-0.39, 0.29) is 11.7 Å². The van der Waals surface area contributed by atoms with Crippen LogP contribution in [0.15, 0.2) is 5.16 Å². The number of hydrogen-bond acceptors (Lipinski definition) is 3. The fraction of sp³-hybridized carbons (Fsp3) is 0.750. The molecule has 0 saturated heterocycles. The number of carbonyl (C=O) groups is 1. The number of nitrogens with one attached hydrogen (secondary N) is 1. The van der Waals surface area contributed by atoms with Crippen LogP contribution in [-0.2, 0) is 4.79 Å². The Bertz CT molecular complexity index is 211. The van der Waals surface area contributed by atoms with Gasteiger partial charge < -0.3 is 16.3 Å². The first kappa shape index (κ1) is 11.7. The number of oxime groups is 1. The van der Waals surface area contributed by atoms with Crippen LogP contribution in [0.2, 0.25) is 0 Å². The highest BCUT2D eigenvalue weighted by atomic mass is 16.4. The minimum atomic E-state index is -0.791. The second-order valence-corrected chi connectivity index (χ2v) is 3.41. The van der Waals surface area contributed by atoms with Gasteiger partial charge in [0.2, 0.25) is 5.91 Å². The lowest BCUT2D eigenvalue weighted by molar-refractivity contribution is -0.122. The summed E-state index contributed by atoms with van der Waals surface area (Å²) in [7, 11) is 0. The van der Waals surface area contributed by atoms with Crippen LogP contribution in [0.3, 0.4) is 0 Å². The zero-order chi connectivity index (χ0) is 10.5. The highest BCUT2D eigenvalue weighted by molar-refractivity contribution is 5.93. The number of carbonyl (C=O) groups excluding carboxylic acids is 1. The Morgan fingerprint density at radius 1 is 1.62 bits per heavy atom. The molecule has 5 nitrogen and oxygen atoms in total. The lowest BCUT2D eigenvalue weighted by Crippen LogP contribution is -2.53. The topological polar surface area (TPSA) is 87.7 Å². The van der Waals surface area contributed by atoms with E-state index in [1.807, 2.05) is 6.92 Å². The molecule has 5 heteroatoms. The summed E-state index contributed by atoms with van der Waals surface area (Å²) in [6, 6.07) is 0. The molecule has 0 heterocycles. The third-order valence-electron chi connectivity index (χ3n) is 1.68. The first-order chi connectivity index (χ1) is 5.94. The Morgan fingerprint density at radius 3 is 2.54 bits per heavy atom. The lowest BCUT2D eigenvalue weighted by Gasteiger charge is -2.24. The zero-order valence-corrected chi connectivity index (χ0v) is 8.29. The average Bonchev–Trinajstić information content (AvgIpc) is 2.02. The van der Waals surface area contributed by atoms with Crippen LogP contribution < -0.4 is 11.1 Å². The number of amides is 1. The summed E-state index contributed by atoms with van der Waals surface area (Å²) in [6.07, 6.45) is 1.22. The Hall–Kier alpha value is -1.26. The Balaban J connectivity index is 4.25. The third-order valence-corrected chi connectivity index (χ3v) is 1.68. The van der Waals surface area contributed by atoms with E-state index in [9.17, 15) is 4.79 Å². The Labute approximate surface area is 78.0 Å². The average molecular weight is 187 g/mol. The van der Waals surface area contributed by atoms with Crippen molar-refractivity contribution in [2.75, 3.05) is 0 Å². The largest absolute Gasteiger partial charge is 0.409 e. The summed E-state index contributed by atoms with van der Waals surface area (Å²) in [6.45, 7) is 5.27. The zero-order valence-electron chi connectivity index (χ0n) is 8.29. The fourth-order valence-corrected chi connectivity index (χ4v) is 0.827. The summed E-state index contributed by atoms with van der Waals surface area (Å²) in [5.41, 5.74) is 4.59. The van der Waals surface area contributed by atoms with Gasteiger partial charge in [-0.25, -0.2) is 0 Å². The number of hydrogen-bond donors (Lipinski definition) is 3. The van der Waals surface area contributed by atoms with Crippen LogP contribution in [0.5, 0.6) is 0 Å². The molecule has 0 saturated carbocycles. The van der Waals surface area contributed by atoms with Crippen molar-refractivity contribution in [1.82, 2.24) is 5.32 Å². The van der Waals surface area contributed by atoms with Crippen molar-refractivity contribution < 1.29 is 10.0 Å². The van der Waals surface area contributed by atoms with Gasteiger partial charge in [0, 0.05) is 6.42 Å². The first-order valence-corrected chi connectivity index (χ1v) is 4.23. The van der Waals surface area contributed by atoms with E-state index in [2.05, 4.69) is 10.5 Å². The van der Waals surface area contributed by atoms with Gasteiger partial charge in [-0.15, -0.1) is 0 Å². The molecule has 0 rings (SSSR count). The molecule has 13 heavy (non-hydrogen) atoms. The monoisotopic (exact) mass is 187 g/mol.